The van der Waals surface area contributed by atoms with E-state index in [2.05, 4.69) is 263 Å². The van der Waals surface area contributed by atoms with Crippen LogP contribution in [-0.2, 0) is 0 Å². The Balaban J connectivity index is 0.000000229. The minimum Gasteiger partial charge on any atom is -0.310 e. The molecule has 0 unspecified atom stereocenters. The van der Waals surface area contributed by atoms with Gasteiger partial charge in [0.05, 0.1) is 26.8 Å². The van der Waals surface area contributed by atoms with E-state index in [-0.39, 0.29) is 0 Å². The molecule has 0 N–H and O–H groups in total. The molecule has 69 radical (unpaired) electrons. The number of aromatic nitrogens is 2. The van der Waals surface area contributed by atoms with Crippen molar-refractivity contribution in [3.05, 3.63) is 249 Å². The largest absolute Gasteiger partial charge is 0.310 e. The van der Waals surface area contributed by atoms with Crippen molar-refractivity contribution in [2.45, 2.75) is 0 Å². The van der Waals surface area contributed by atoms with E-state index in [0.717, 1.165) is 29.8 Å². The molecule has 11 aromatic carbocycles. The second kappa shape index (κ2) is 47.5. The Morgan fingerprint density at radius 1 is 0.222 bits per heavy atom. The Kier molecular flexibility index (Phi) is 37.9. The summed E-state index contributed by atoms with van der Waals surface area (Å²) >= 11 is 1.88. The van der Waals surface area contributed by atoms with E-state index in [9.17, 15) is 0 Å². The van der Waals surface area contributed by atoms with Crippen molar-refractivity contribution in [3.63, 3.8) is 0 Å². The molecule has 14 aromatic rings. The van der Waals surface area contributed by atoms with Crippen LogP contribution in [0.3, 0.4) is 0 Å². The second-order valence-electron chi connectivity index (χ2n) is 36.4. The minimum absolute atomic E-state index is 1.08. The normalized spacial score (nSPS) is 10.8. The maximum atomic E-state index is 7.06. The number of anilines is 3. The standard InChI is InChI=1S/C64H41N3S.B67/c1-3-14-42(15-4-1)43-28-32-49(33-29-43)65(50-18-13-19-51(41-50)66-58-23-10-7-20-55(58)56-21-8-11-24-59(56)66)52-34-36-54-48(39-52)27-26-47-38-45(30-35-53(47)54)46-31-37-62-61(40-46)67-60-25-12-9-22-57(60)63(64(67)68-62)44-16-5-2-6-17-44;1-35-52(34)61(53(36(2)3)37(4)5)65(60(50(30)31)51(32)33)67(64(58(46(22)23)47(24)25)59(48(26)27)49(28)29)66(62(54(38(6)7)39(8)9)55(40(10)11)41(12)13)63(56(42(14)15)43(16)17)57(44(18)19)45(20)21/h1-41H;. The molecule has 0 amide bonds. The van der Waals surface area contributed by atoms with Gasteiger partial charge in [0.25, 0.3) is 0 Å². The first-order chi connectivity index (χ1) is 64.2. The quantitative estimate of drug-likeness (QED) is 0.0276. The fourth-order valence-corrected chi connectivity index (χ4v) is 23.6. The molecular weight excluding hydrogens is 1570 g/mol. The average molecular weight is 1610 g/mol. The molecule has 71 heteroatoms. The lowest BCUT2D eigenvalue weighted by Gasteiger charge is -2.60. The fraction of sp³-hybridized carbons (Fsp3) is 0. The summed E-state index contributed by atoms with van der Waals surface area (Å²) in [5.41, 5.74) is 16.7. The number of hydrogen-bond donors (Lipinski definition) is 0. The summed E-state index contributed by atoms with van der Waals surface area (Å²) in [6.45, 7) is 0. The van der Waals surface area contributed by atoms with E-state index in [1.807, 2.05) is 11.3 Å². The first kappa shape index (κ1) is 108. The molecule has 3 heterocycles. The van der Waals surface area contributed by atoms with Crippen LogP contribution in [-0.4, -0.2) is 483 Å². The van der Waals surface area contributed by atoms with Gasteiger partial charge in [0, 0.05) is 519 Å². The highest BCUT2D eigenvalue weighted by Crippen LogP contribution is 2.45. The van der Waals surface area contributed by atoms with Gasteiger partial charge in [-0.15, -0.1) is 11.3 Å². The molecule has 0 aliphatic heterocycles. The number of fused-ring (bicyclic) bond motifs is 11. The minimum atomic E-state index is -1.64. The molecule has 0 saturated heterocycles. The number of thiazole rings is 1. The van der Waals surface area contributed by atoms with E-state index < -0.39 is 204 Å². The van der Waals surface area contributed by atoms with Crippen molar-refractivity contribution in [1.29, 1.82) is 0 Å². The summed E-state index contributed by atoms with van der Waals surface area (Å²) in [5.74, 6) is 0. The summed E-state index contributed by atoms with van der Waals surface area (Å²) in [6.07, 6.45) is -48.0. The SMILES string of the molecule is [B][B]B([B])B(B(B([B])[B])B([B])[B])B(B(B([B])[B])B([B])[B])B(B(B(B([B])[B])B([B])[B])B(B([B])[B])B([B])[B])B(B(B(B([B])[B])B([B])[B])B(B([B])[B])B([B])[B])B(B(B([B])[B])B([B])[B])B(B([B])[B])B([B])[B].c1ccc(-c2ccc(N(c3cccc(-n4c5ccccc5c5ccccc54)c3)c3ccc4c(ccc5cc(-c6ccc7sc8c(-c9ccccc9)c9ccccc9n8c7c6)ccc54)c3)cc2)cc1. The summed E-state index contributed by atoms with van der Waals surface area (Å²) in [5, 5.41) is 8.69. The molecule has 0 aliphatic carbocycles. The van der Waals surface area contributed by atoms with Crippen LogP contribution in [0.2, 0.25) is 0 Å². The molecule has 0 spiro atoms. The molecule has 0 aliphatic rings. The third-order valence-corrected chi connectivity index (χ3v) is 29.0. The summed E-state index contributed by atoms with van der Waals surface area (Å²) < 4.78 is 6.15. The van der Waals surface area contributed by atoms with Crippen molar-refractivity contribution in [1.82, 2.24) is 8.97 Å². The molecule has 3 aromatic heterocycles. The van der Waals surface area contributed by atoms with Gasteiger partial charge in [-0.25, -0.2) is 0 Å². The van der Waals surface area contributed by atoms with Crippen LogP contribution in [0.5, 0.6) is 0 Å². The summed E-state index contributed by atoms with van der Waals surface area (Å²) in [4.78, 5) is 3.68. The van der Waals surface area contributed by atoms with Crippen LogP contribution in [0.15, 0.2) is 249 Å². The lowest BCUT2D eigenvalue weighted by atomic mass is 8.22. The first-order valence-electron chi connectivity index (χ1n) is 45.2. The second-order valence-corrected chi connectivity index (χ2v) is 37.4. The Morgan fingerprint density at radius 2 is 0.541 bits per heavy atom. The smallest absolute Gasteiger partial charge is 0.109 e. The molecule has 3 nitrogen and oxygen atoms in total. The van der Waals surface area contributed by atoms with Gasteiger partial charge in [-0.05, 0) is 128 Å². The molecule has 135 heavy (non-hydrogen) atoms. The van der Waals surface area contributed by atoms with E-state index in [1.54, 1.807) is 0 Å². The van der Waals surface area contributed by atoms with Gasteiger partial charge in [0.1, 0.15) is 4.83 Å². The van der Waals surface area contributed by atoms with Gasteiger partial charge in [-0.2, -0.15) is 0 Å². The maximum Gasteiger partial charge on any atom is 0.109 e. The molecule has 0 fully saturated rings. The van der Waals surface area contributed by atoms with Gasteiger partial charge < -0.3 is 9.47 Å². The lowest BCUT2D eigenvalue weighted by Crippen LogP contribution is -2.98. The molecule has 14 rings (SSSR count). The zero-order chi connectivity index (χ0) is 97.9. The molecule has 0 bridgehead atoms. The maximum absolute atomic E-state index is 7.06. The van der Waals surface area contributed by atoms with Crippen molar-refractivity contribution in [2.75, 3.05) is 4.90 Å². The number of para-hydroxylation sites is 3. The van der Waals surface area contributed by atoms with E-state index in [1.165, 1.54) is 103 Å². The van der Waals surface area contributed by atoms with Gasteiger partial charge in [0.15, 0.2) is 0 Å². The highest BCUT2D eigenvalue weighted by molar-refractivity contribution is 8.39. The number of benzene rings is 11. The molecule has 519 valence electrons. The number of rotatable bonds is 39. The summed E-state index contributed by atoms with van der Waals surface area (Å²) in [7, 11) is 229. The highest BCUT2D eigenvalue weighted by Gasteiger charge is 2.64. The van der Waals surface area contributed by atoms with Gasteiger partial charge in [0.2, 0.25) is 0 Å². The number of nitrogens with zero attached hydrogens (tertiary/aromatic N) is 3. The Morgan fingerprint density at radius 3 is 0.963 bits per heavy atom. The Bertz CT molecular complexity index is 6030. The molecule has 0 saturated carbocycles. The predicted octanol–water partition coefficient (Wildman–Crippen LogP) is -7.33. The monoisotopic (exact) mass is 1620 g/mol. The highest BCUT2D eigenvalue weighted by atomic mass is 32.1. The molecule has 0 atom stereocenters. The van der Waals surface area contributed by atoms with E-state index >= 15 is 0 Å². The van der Waals surface area contributed by atoms with Crippen molar-refractivity contribution < 1.29 is 0 Å². The zero-order valence-corrected chi connectivity index (χ0v) is 76.4. The van der Waals surface area contributed by atoms with Gasteiger partial charge >= 0.3 is 0 Å². The van der Waals surface area contributed by atoms with Crippen LogP contribution < -0.4 is 4.90 Å². The topological polar surface area (TPSA) is 12.6 Å². The van der Waals surface area contributed by atoms with Crippen LogP contribution in [0, 0.1) is 0 Å². The third-order valence-electron chi connectivity index (χ3n) is 27.9. The van der Waals surface area contributed by atoms with Crippen LogP contribution in [0.25, 0.3) is 108 Å². The van der Waals surface area contributed by atoms with E-state index in [0.29, 0.717) is 0 Å². The first-order valence-corrected chi connectivity index (χ1v) is 46.1. The molecular formula is C64H41B67N3S. The lowest BCUT2D eigenvalue weighted by molar-refractivity contribution is 1.17. The van der Waals surface area contributed by atoms with Crippen molar-refractivity contribution in [2.24, 2.45) is 0 Å². The third kappa shape index (κ3) is 23.1. The van der Waals surface area contributed by atoms with Crippen LogP contribution in [0.1, 0.15) is 0 Å². The Hall–Kier alpha value is -4.35. The van der Waals surface area contributed by atoms with Gasteiger partial charge in [-0.3, -0.25) is 4.40 Å². The van der Waals surface area contributed by atoms with Crippen molar-refractivity contribution >= 4 is 572 Å². The zero-order valence-electron chi connectivity index (χ0n) is 75.6. The fourth-order valence-electron chi connectivity index (χ4n) is 22.4. The summed E-state index contributed by atoms with van der Waals surface area (Å²) in [6, 6.07) is 91.1. The number of hydrogen-bond acceptors (Lipinski definition) is 2. The van der Waals surface area contributed by atoms with E-state index in [4.69, 9.17) is 263 Å². The Labute approximate surface area is 865 Å². The van der Waals surface area contributed by atoms with Crippen LogP contribution in [0.4, 0.5) is 17.1 Å². The van der Waals surface area contributed by atoms with Crippen molar-refractivity contribution in [3.8, 4) is 39.1 Å². The predicted molar refractivity (Wildman–Crippen MR) is 676 cm³/mol. The van der Waals surface area contributed by atoms with Gasteiger partial charge in [-0.1, -0.05) is 170 Å². The van der Waals surface area contributed by atoms with Crippen LogP contribution >= 0.6 is 11.3 Å². The average Bonchev–Trinajstić information content (AvgIpc) is 1.25.